The van der Waals surface area contributed by atoms with Gasteiger partial charge in [-0.1, -0.05) is 17.7 Å². The third-order valence-electron chi connectivity index (χ3n) is 3.24. The SMILES string of the molecule is CNc1cc(C(=O)N(C)c2cc(C)cc(C)c2)c(Cl)cn1. The van der Waals surface area contributed by atoms with Crippen LogP contribution in [0.4, 0.5) is 11.5 Å². The summed E-state index contributed by atoms with van der Waals surface area (Å²) in [5, 5.41) is 3.25. The summed E-state index contributed by atoms with van der Waals surface area (Å²) in [4.78, 5) is 18.3. The zero-order valence-corrected chi connectivity index (χ0v) is 13.3. The molecule has 0 atom stereocenters. The summed E-state index contributed by atoms with van der Waals surface area (Å²) in [6, 6.07) is 7.67. The zero-order chi connectivity index (χ0) is 15.6. The highest BCUT2D eigenvalue weighted by atomic mass is 35.5. The Hall–Kier alpha value is -2.07. The summed E-state index contributed by atoms with van der Waals surface area (Å²) >= 11 is 6.10. The van der Waals surface area contributed by atoms with Gasteiger partial charge in [0.25, 0.3) is 5.91 Å². The topological polar surface area (TPSA) is 45.2 Å². The molecule has 0 aliphatic rings. The van der Waals surface area contributed by atoms with E-state index in [-0.39, 0.29) is 5.91 Å². The number of hydrogen-bond donors (Lipinski definition) is 1. The van der Waals surface area contributed by atoms with Crippen molar-refractivity contribution < 1.29 is 4.79 Å². The Bertz CT molecular complexity index is 665. The van der Waals surface area contributed by atoms with Crippen molar-refractivity contribution in [2.75, 3.05) is 24.3 Å². The minimum absolute atomic E-state index is 0.163. The molecular weight excluding hydrogens is 286 g/mol. The number of carbonyl (C=O) groups is 1. The number of aromatic nitrogens is 1. The van der Waals surface area contributed by atoms with Crippen molar-refractivity contribution in [2.45, 2.75) is 13.8 Å². The number of benzene rings is 1. The molecule has 0 aliphatic heterocycles. The quantitative estimate of drug-likeness (QED) is 0.941. The summed E-state index contributed by atoms with van der Waals surface area (Å²) in [6.07, 6.45) is 1.48. The zero-order valence-electron chi connectivity index (χ0n) is 12.6. The maximum Gasteiger partial charge on any atom is 0.259 e. The number of halogens is 1. The van der Waals surface area contributed by atoms with Gasteiger partial charge in [-0.05, 0) is 43.2 Å². The van der Waals surface area contributed by atoms with Crippen LogP contribution in [0, 0.1) is 13.8 Å². The fraction of sp³-hybridized carbons (Fsp3) is 0.250. The van der Waals surface area contributed by atoms with Gasteiger partial charge in [0, 0.05) is 26.0 Å². The van der Waals surface area contributed by atoms with E-state index >= 15 is 0 Å². The predicted octanol–water partition coefficient (Wildman–Crippen LogP) is 3.67. The Kier molecular flexibility index (Phi) is 4.48. The van der Waals surface area contributed by atoms with Crippen molar-refractivity contribution in [1.29, 1.82) is 0 Å². The molecule has 2 rings (SSSR count). The van der Waals surface area contributed by atoms with Crippen molar-refractivity contribution in [3.63, 3.8) is 0 Å². The maximum absolute atomic E-state index is 12.6. The van der Waals surface area contributed by atoms with Gasteiger partial charge in [0.1, 0.15) is 5.82 Å². The van der Waals surface area contributed by atoms with E-state index in [1.54, 1.807) is 25.1 Å². The molecule has 0 saturated carbocycles. The average Bonchev–Trinajstić information content (AvgIpc) is 2.45. The molecule has 0 bridgehead atoms. The standard InChI is InChI=1S/C16H18ClN3O/c1-10-5-11(2)7-12(6-10)20(4)16(21)13-8-15(18-3)19-9-14(13)17/h5-9H,1-4H3,(H,18,19). The Morgan fingerprint density at radius 1 is 1.19 bits per heavy atom. The van der Waals surface area contributed by atoms with Gasteiger partial charge in [0.2, 0.25) is 0 Å². The maximum atomic E-state index is 12.6. The molecule has 4 nitrogen and oxygen atoms in total. The number of nitrogens with one attached hydrogen (secondary N) is 1. The highest BCUT2D eigenvalue weighted by molar-refractivity contribution is 6.34. The van der Waals surface area contributed by atoms with Crippen molar-refractivity contribution >= 4 is 29.0 Å². The lowest BCUT2D eigenvalue weighted by molar-refractivity contribution is 0.0993. The van der Waals surface area contributed by atoms with Crippen LogP contribution in [0.25, 0.3) is 0 Å². The fourth-order valence-corrected chi connectivity index (χ4v) is 2.37. The van der Waals surface area contributed by atoms with Gasteiger partial charge < -0.3 is 10.2 Å². The molecule has 2 aromatic rings. The smallest absolute Gasteiger partial charge is 0.259 e. The van der Waals surface area contributed by atoms with E-state index < -0.39 is 0 Å². The van der Waals surface area contributed by atoms with Gasteiger partial charge in [-0.2, -0.15) is 0 Å². The highest BCUT2D eigenvalue weighted by Crippen LogP contribution is 2.23. The molecule has 0 saturated heterocycles. The second kappa shape index (κ2) is 6.14. The third kappa shape index (κ3) is 3.34. The molecule has 0 aliphatic carbocycles. The molecular formula is C16H18ClN3O. The van der Waals surface area contributed by atoms with Gasteiger partial charge in [0.05, 0.1) is 10.6 Å². The van der Waals surface area contributed by atoms with Gasteiger partial charge in [0.15, 0.2) is 0 Å². The van der Waals surface area contributed by atoms with E-state index in [2.05, 4.69) is 16.4 Å². The summed E-state index contributed by atoms with van der Waals surface area (Å²) in [5.74, 6) is 0.445. The minimum Gasteiger partial charge on any atom is -0.373 e. The van der Waals surface area contributed by atoms with E-state index in [1.807, 2.05) is 26.0 Å². The lowest BCUT2D eigenvalue weighted by Gasteiger charge is -2.19. The highest BCUT2D eigenvalue weighted by Gasteiger charge is 2.18. The molecule has 110 valence electrons. The fourth-order valence-electron chi connectivity index (χ4n) is 2.18. The van der Waals surface area contributed by atoms with E-state index in [9.17, 15) is 4.79 Å². The van der Waals surface area contributed by atoms with Gasteiger partial charge >= 0.3 is 0 Å². The predicted molar refractivity (Wildman–Crippen MR) is 87.4 cm³/mol. The number of amides is 1. The molecule has 5 heteroatoms. The molecule has 1 aromatic carbocycles. The van der Waals surface area contributed by atoms with Crippen LogP contribution in [0.15, 0.2) is 30.5 Å². The molecule has 21 heavy (non-hydrogen) atoms. The molecule has 0 unspecified atom stereocenters. The molecule has 0 radical (unpaired) electrons. The summed E-state index contributed by atoms with van der Waals surface area (Å²) < 4.78 is 0. The normalized spacial score (nSPS) is 10.3. The van der Waals surface area contributed by atoms with Gasteiger partial charge in [-0.25, -0.2) is 4.98 Å². The third-order valence-corrected chi connectivity index (χ3v) is 3.54. The number of aryl methyl sites for hydroxylation is 2. The monoisotopic (exact) mass is 303 g/mol. The van der Waals surface area contributed by atoms with Crippen LogP contribution in [0.5, 0.6) is 0 Å². The number of nitrogens with zero attached hydrogens (tertiary/aromatic N) is 2. The first-order valence-corrected chi connectivity index (χ1v) is 7.00. The average molecular weight is 304 g/mol. The molecule has 0 fully saturated rings. The lowest BCUT2D eigenvalue weighted by atomic mass is 10.1. The van der Waals surface area contributed by atoms with Crippen molar-refractivity contribution in [3.8, 4) is 0 Å². The van der Waals surface area contributed by atoms with Crippen LogP contribution in [0.1, 0.15) is 21.5 Å². The molecule has 1 amide bonds. The first kappa shape index (κ1) is 15.3. The number of carbonyl (C=O) groups excluding carboxylic acids is 1. The Labute approximate surface area is 129 Å². The van der Waals surface area contributed by atoms with Crippen molar-refractivity contribution in [2.24, 2.45) is 0 Å². The Balaban J connectivity index is 2.39. The first-order valence-electron chi connectivity index (χ1n) is 6.62. The molecule has 1 N–H and O–H groups in total. The number of rotatable bonds is 3. The number of pyridine rings is 1. The van der Waals surface area contributed by atoms with E-state index in [0.29, 0.717) is 16.4 Å². The van der Waals surface area contributed by atoms with E-state index in [1.165, 1.54) is 6.20 Å². The van der Waals surface area contributed by atoms with E-state index in [4.69, 9.17) is 11.6 Å². The van der Waals surface area contributed by atoms with Crippen LogP contribution >= 0.6 is 11.6 Å². The second-order valence-corrected chi connectivity index (χ2v) is 5.42. The molecule has 0 spiro atoms. The van der Waals surface area contributed by atoms with E-state index in [0.717, 1.165) is 16.8 Å². The van der Waals surface area contributed by atoms with Gasteiger partial charge in [-0.15, -0.1) is 0 Å². The second-order valence-electron chi connectivity index (χ2n) is 5.01. The summed E-state index contributed by atoms with van der Waals surface area (Å²) in [5.41, 5.74) is 3.50. The van der Waals surface area contributed by atoms with Crippen LogP contribution in [-0.2, 0) is 0 Å². The summed E-state index contributed by atoms with van der Waals surface area (Å²) in [6.45, 7) is 4.01. The molecule has 1 aromatic heterocycles. The Morgan fingerprint density at radius 2 is 1.81 bits per heavy atom. The number of hydrogen-bond acceptors (Lipinski definition) is 3. The van der Waals surface area contributed by atoms with Crippen LogP contribution in [0.2, 0.25) is 5.02 Å². The van der Waals surface area contributed by atoms with Crippen LogP contribution in [-0.4, -0.2) is 25.0 Å². The van der Waals surface area contributed by atoms with Crippen LogP contribution in [0.3, 0.4) is 0 Å². The van der Waals surface area contributed by atoms with Crippen molar-refractivity contribution in [1.82, 2.24) is 4.98 Å². The van der Waals surface area contributed by atoms with Crippen LogP contribution < -0.4 is 10.2 Å². The largest absolute Gasteiger partial charge is 0.373 e. The van der Waals surface area contributed by atoms with Gasteiger partial charge in [-0.3, -0.25) is 4.79 Å². The lowest BCUT2D eigenvalue weighted by Crippen LogP contribution is -2.26. The summed E-state index contributed by atoms with van der Waals surface area (Å²) in [7, 11) is 3.49. The molecule has 1 heterocycles. The van der Waals surface area contributed by atoms with Crippen molar-refractivity contribution in [3.05, 3.63) is 52.2 Å². The minimum atomic E-state index is -0.163. The Morgan fingerprint density at radius 3 is 2.38 bits per heavy atom. The number of anilines is 2. The first-order chi connectivity index (χ1) is 9.92.